The molecular weight excluding hydrogens is 582 g/mol. The molecule has 2 amide bonds. The number of hydrogen-bond acceptors (Lipinski definition) is 8. The Morgan fingerprint density at radius 3 is 2.57 bits per heavy atom. The number of sulfonamides is 1. The second-order valence-electron chi connectivity index (χ2n) is 12.5. The third-order valence-electron chi connectivity index (χ3n) is 7.62. The Morgan fingerprint density at radius 2 is 1.89 bits per heavy atom. The molecule has 0 unspecified atom stereocenters. The van der Waals surface area contributed by atoms with Crippen LogP contribution in [0.1, 0.15) is 74.6 Å². The summed E-state index contributed by atoms with van der Waals surface area (Å²) in [5.41, 5.74) is 2.84. The van der Waals surface area contributed by atoms with Crippen LogP contribution >= 0.6 is 0 Å². The highest BCUT2D eigenvalue weighted by Gasteiger charge is 2.46. The van der Waals surface area contributed by atoms with Crippen LogP contribution in [0, 0.1) is 12.8 Å². The number of benzene rings is 1. The van der Waals surface area contributed by atoms with Crippen LogP contribution in [-0.2, 0) is 26.1 Å². The minimum atomic E-state index is -4.22. The van der Waals surface area contributed by atoms with E-state index >= 15 is 0 Å². The maximum Gasteiger partial charge on any atom is 0.415 e. The molecule has 0 bridgehead atoms. The predicted molar refractivity (Wildman–Crippen MR) is 164 cm³/mol. The first-order chi connectivity index (χ1) is 20.7. The van der Waals surface area contributed by atoms with Crippen molar-refractivity contribution in [3.05, 3.63) is 77.8 Å². The van der Waals surface area contributed by atoms with Crippen LogP contribution < -0.4 is 15.4 Å². The number of nitrogens with one attached hydrogen (secondary N) is 1. The lowest BCUT2D eigenvalue weighted by molar-refractivity contribution is -0.117. The molecule has 2 atom stereocenters. The first-order valence-electron chi connectivity index (χ1n) is 14.5. The van der Waals surface area contributed by atoms with E-state index < -0.39 is 33.5 Å². The number of fused-ring (bicyclic) bond motifs is 1. The molecule has 230 valence electrons. The zero-order valence-electron chi connectivity index (χ0n) is 25.0. The SMILES string of the molecule is Cc1ccnc([C@H]2C[C@@H]2C(=O)Nc2cc(N(Cc3cn4cc(C5CC5)ccc4n3)C(=O)OC(C)(C)C)ccc2S(N)(=O)=O)n1. The van der Waals surface area contributed by atoms with E-state index in [1.807, 2.05) is 23.6 Å². The molecular formula is C31H35N7O5S. The Kier molecular flexibility index (Phi) is 7.41. The number of hydrogen-bond donors (Lipinski definition) is 2. The standard InChI is InChI=1S/C31H35N7O5S/c1-18-11-12-33-28(34-18)23-14-24(23)29(39)36-25-13-22(8-9-26(25)44(32,41)42)38(30(40)43-31(2,3)4)17-21-16-37-15-20(19-5-6-19)7-10-27(37)35-21/h7-13,15-16,19,23-24H,5-6,14,17H2,1-4H3,(H,36,39)(H2,32,41,42)/t23-,24-/m0/s1. The molecule has 13 heteroatoms. The molecule has 2 aliphatic rings. The van der Waals surface area contributed by atoms with Crippen LogP contribution in [0.2, 0.25) is 0 Å². The molecule has 2 fully saturated rings. The largest absolute Gasteiger partial charge is 0.443 e. The van der Waals surface area contributed by atoms with Crippen molar-refractivity contribution in [2.75, 3.05) is 10.2 Å². The van der Waals surface area contributed by atoms with Crippen molar-refractivity contribution in [3.63, 3.8) is 0 Å². The number of nitrogens with zero attached hydrogens (tertiary/aromatic N) is 5. The van der Waals surface area contributed by atoms with Crippen molar-refractivity contribution in [2.24, 2.45) is 11.1 Å². The van der Waals surface area contributed by atoms with Gasteiger partial charge in [-0.2, -0.15) is 0 Å². The van der Waals surface area contributed by atoms with Gasteiger partial charge < -0.3 is 14.5 Å². The van der Waals surface area contributed by atoms with Gasteiger partial charge in [0.1, 0.15) is 22.0 Å². The average Bonchev–Trinajstić information content (AvgIpc) is 3.86. The van der Waals surface area contributed by atoms with Gasteiger partial charge in [0.15, 0.2) is 0 Å². The topological polar surface area (TPSA) is 162 Å². The number of primary sulfonamides is 1. The van der Waals surface area contributed by atoms with E-state index in [0.29, 0.717) is 29.5 Å². The first-order valence-corrected chi connectivity index (χ1v) is 16.0. The quantitative estimate of drug-likeness (QED) is 0.289. The lowest BCUT2D eigenvalue weighted by Gasteiger charge is -2.27. The van der Waals surface area contributed by atoms with E-state index in [-0.39, 0.29) is 23.0 Å². The van der Waals surface area contributed by atoms with E-state index in [1.165, 1.54) is 41.5 Å². The van der Waals surface area contributed by atoms with Crippen LogP contribution in [0.4, 0.5) is 16.2 Å². The van der Waals surface area contributed by atoms with Crippen molar-refractivity contribution in [1.82, 2.24) is 19.4 Å². The number of aromatic nitrogens is 4. The minimum Gasteiger partial charge on any atom is -0.443 e. The minimum absolute atomic E-state index is 0.0346. The van der Waals surface area contributed by atoms with Crippen LogP contribution in [0.15, 0.2) is 59.9 Å². The van der Waals surface area contributed by atoms with Crippen molar-refractivity contribution in [3.8, 4) is 0 Å². The average molecular weight is 618 g/mol. The number of amides is 2. The highest BCUT2D eigenvalue weighted by Crippen LogP contribution is 2.47. The monoisotopic (exact) mass is 617 g/mol. The fraction of sp³-hybridized carbons (Fsp3) is 0.387. The third kappa shape index (κ3) is 6.58. The molecule has 0 aliphatic heterocycles. The summed E-state index contributed by atoms with van der Waals surface area (Å²) in [6.07, 6.45) is 7.78. The summed E-state index contributed by atoms with van der Waals surface area (Å²) in [7, 11) is -4.22. The van der Waals surface area contributed by atoms with Gasteiger partial charge in [-0.25, -0.2) is 33.3 Å². The van der Waals surface area contributed by atoms with Gasteiger partial charge in [0, 0.05) is 41.8 Å². The number of ether oxygens (including phenoxy) is 1. The molecule has 2 aliphatic carbocycles. The predicted octanol–water partition coefficient (Wildman–Crippen LogP) is 4.64. The van der Waals surface area contributed by atoms with E-state index in [9.17, 15) is 18.0 Å². The van der Waals surface area contributed by atoms with Crippen molar-refractivity contribution < 1.29 is 22.7 Å². The van der Waals surface area contributed by atoms with E-state index in [2.05, 4.69) is 27.5 Å². The molecule has 3 heterocycles. The number of anilines is 2. The van der Waals surface area contributed by atoms with Crippen LogP contribution in [0.25, 0.3) is 5.65 Å². The molecule has 0 spiro atoms. The highest BCUT2D eigenvalue weighted by molar-refractivity contribution is 7.89. The summed E-state index contributed by atoms with van der Waals surface area (Å²) < 4.78 is 32.7. The molecule has 6 rings (SSSR count). The summed E-state index contributed by atoms with van der Waals surface area (Å²) in [4.78, 5) is 41.3. The van der Waals surface area contributed by atoms with Crippen LogP contribution in [0.3, 0.4) is 0 Å². The maximum atomic E-state index is 13.5. The van der Waals surface area contributed by atoms with Crippen molar-refractivity contribution >= 4 is 39.0 Å². The number of rotatable bonds is 8. The normalized spacial score (nSPS) is 18.2. The summed E-state index contributed by atoms with van der Waals surface area (Å²) in [5, 5.41) is 8.25. The number of aryl methyl sites for hydroxylation is 1. The van der Waals surface area contributed by atoms with Crippen LogP contribution in [0.5, 0.6) is 0 Å². The molecule has 0 saturated heterocycles. The zero-order valence-corrected chi connectivity index (χ0v) is 25.8. The van der Waals surface area contributed by atoms with E-state index in [1.54, 1.807) is 33.0 Å². The number of carbonyl (C=O) groups excluding carboxylic acids is 2. The molecule has 0 radical (unpaired) electrons. The summed E-state index contributed by atoms with van der Waals surface area (Å²) in [6.45, 7) is 7.15. The molecule has 3 aromatic heterocycles. The Hall–Kier alpha value is -4.36. The van der Waals surface area contributed by atoms with Gasteiger partial charge in [-0.3, -0.25) is 9.69 Å². The molecule has 4 aromatic rings. The van der Waals surface area contributed by atoms with Gasteiger partial charge in [0.25, 0.3) is 0 Å². The fourth-order valence-corrected chi connectivity index (χ4v) is 5.88. The van der Waals surface area contributed by atoms with Gasteiger partial charge in [-0.05, 0) is 88.8 Å². The fourth-order valence-electron chi connectivity index (χ4n) is 5.21. The third-order valence-corrected chi connectivity index (χ3v) is 8.59. The lowest BCUT2D eigenvalue weighted by Crippen LogP contribution is -2.36. The second kappa shape index (κ2) is 11.0. The van der Waals surface area contributed by atoms with Gasteiger partial charge in [-0.15, -0.1) is 0 Å². The Morgan fingerprint density at radius 1 is 1.11 bits per heavy atom. The first kappa shape index (κ1) is 29.7. The molecule has 2 saturated carbocycles. The Bertz CT molecular complexity index is 1880. The van der Waals surface area contributed by atoms with Gasteiger partial charge in [0.2, 0.25) is 15.9 Å². The Balaban J connectivity index is 1.31. The van der Waals surface area contributed by atoms with Gasteiger partial charge in [0.05, 0.1) is 17.9 Å². The summed E-state index contributed by atoms with van der Waals surface area (Å²) in [6, 6.07) is 9.96. The molecule has 44 heavy (non-hydrogen) atoms. The summed E-state index contributed by atoms with van der Waals surface area (Å²) in [5.74, 6) is 0.139. The molecule has 12 nitrogen and oxygen atoms in total. The van der Waals surface area contributed by atoms with Gasteiger partial charge >= 0.3 is 6.09 Å². The number of pyridine rings is 1. The van der Waals surface area contributed by atoms with Gasteiger partial charge in [-0.1, -0.05) is 6.07 Å². The van der Waals surface area contributed by atoms with Crippen molar-refractivity contribution in [2.45, 2.75) is 75.8 Å². The summed E-state index contributed by atoms with van der Waals surface area (Å²) >= 11 is 0. The van der Waals surface area contributed by atoms with E-state index in [0.717, 1.165) is 11.3 Å². The van der Waals surface area contributed by atoms with E-state index in [4.69, 9.17) is 14.9 Å². The highest BCUT2D eigenvalue weighted by atomic mass is 32.2. The molecule has 3 N–H and O–H groups in total. The number of imidazole rings is 1. The van der Waals surface area contributed by atoms with Crippen molar-refractivity contribution in [1.29, 1.82) is 0 Å². The Labute approximate surface area is 255 Å². The van der Waals surface area contributed by atoms with Crippen LogP contribution in [-0.4, -0.2) is 45.4 Å². The smallest absolute Gasteiger partial charge is 0.415 e. The second-order valence-corrected chi connectivity index (χ2v) is 14.1. The molecule has 1 aromatic carbocycles. The number of carbonyl (C=O) groups is 2. The maximum absolute atomic E-state index is 13.5. The zero-order chi connectivity index (χ0) is 31.4. The number of nitrogens with two attached hydrogens (primary N) is 1. The lowest BCUT2D eigenvalue weighted by atomic mass is 10.2.